The molecule has 1 heterocycles. The molecule has 0 bridgehead atoms. The Kier molecular flexibility index (Phi) is 14.1. The lowest BCUT2D eigenvalue weighted by atomic mass is 9.90. The molecule has 0 spiro atoms. The number of methoxy groups -OCH3 is 2. The molecule has 5 unspecified atom stereocenters. The third-order valence-corrected chi connectivity index (χ3v) is 8.41. The number of hydrogen-bond donors (Lipinski definition) is 2. The van der Waals surface area contributed by atoms with Gasteiger partial charge in [0.05, 0.1) is 43.2 Å². The van der Waals surface area contributed by atoms with E-state index in [2.05, 4.69) is 36.6 Å². The molecule has 1 aliphatic heterocycles. The second-order valence-corrected chi connectivity index (χ2v) is 11.3. The first-order valence-electron chi connectivity index (χ1n) is 14.7. The van der Waals surface area contributed by atoms with Crippen LogP contribution in [0.15, 0.2) is 30.3 Å². The van der Waals surface area contributed by atoms with Crippen molar-refractivity contribution in [2.75, 3.05) is 41.4 Å². The molecule has 0 radical (unpaired) electrons. The summed E-state index contributed by atoms with van der Waals surface area (Å²) in [4.78, 5) is 43.3. The van der Waals surface area contributed by atoms with E-state index in [-0.39, 0.29) is 54.7 Å². The van der Waals surface area contributed by atoms with Gasteiger partial charge in [-0.1, -0.05) is 57.5 Å². The Hall–Kier alpha value is -2.49. The number of nitrogens with zero attached hydrogens (tertiary/aromatic N) is 2. The molecule has 1 aliphatic rings. The average molecular weight is 561 g/mol. The van der Waals surface area contributed by atoms with Crippen molar-refractivity contribution in [1.29, 1.82) is 0 Å². The molecule has 3 amide bonds. The van der Waals surface area contributed by atoms with Crippen molar-refractivity contribution in [2.24, 2.45) is 11.8 Å². The number of ether oxygens (including phenoxy) is 2. The maximum absolute atomic E-state index is 13.7. The lowest BCUT2D eigenvalue weighted by Gasteiger charge is -2.39. The second-order valence-electron chi connectivity index (χ2n) is 11.3. The fraction of sp³-hybridized carbons (Fsp3) is 0.710. The first-order chi connectivity index (χ1) is 19.1. The fourth-order valence-corrected chi connectivity index (χ4v) is 5.99. The fourth-order valence-electron chi connectivity index (χ4n) is 5.99. The molecule has 1 aromatic carbocycles. The van der Waals surface area contributed by atoms with Crippen molar-refractivity contribution in [3.8, 4) is 0 Å². The van der Waals surface area contributed by atoms with Crippen LogP contribution in [0.3, 0.4) is 0 Å². The summed E-state index contributed by atoms with van der Waals surface area (Å²) in [5.74, 6) is -0.443. The molecule has 9 heteroatoms. The minimum atomic E-state index is -0.449. The molecule has 9 nitrogen and oxygen atoms in total. The molecule has 1 fully saturated rings. The van der Waals surface area contributed by atoms with Crippen LogP contribution in [0.1, 0.15) is 58.9 Å². The van der Waals surface area contributed by atoms with Crippen molar-refractivity contribution >= 4 is 17.7 Å². The van der Waals surface area contributed by atoms with Gasteiger partial charge < -0.3 is 29.9 Å². The SMILES string of the molecule is CCC(C)C(C(CC(=O)N1CCCC1C(OC)[C@@H](C)C(=O)N[C@H](C)Cc1ccccc1)OC)N(C)C(=O)CNC. The number of hydrogen-bond acceptors (Lipinski definition) is 6. The highest BCUT2D eigenvalue weighted by Crippen LogP contribution is 2.29. The Bertz CT molecular complexity index is 930. The van der Waals surface area contributed by atoms with E-state index >= 15 is 0 Å². The Morgan fingerprint density at radius 2 is 1.77 bits per heavy atom. The monoisotopic (exact) mass is 560 g/mol. The minimum Gasteiger partial charge on any atom is -0.379 e. The lowest BCUT2D eigenvalue weighted by Crippen LogP contribution is -2.54. The maximum Gasteiger partial charge on any atom is 0.236 e. The third kappa shape index (κ3) is 9.01. The third-order valence-electron chi connectivity index (χ3n) is 8.41. The highest BCUT2D eigenvalue weighted by Gasteiger charge is 2.42. The predicted octanol–water partition coefficient (Wildman–Crippen LogP) is 2.87. The molecule has 1 aromatic rings. The highest BCUT2D eigenvalue weighted by molar-refractivity contribution is 5.81. The van der Waals surface area contributed by atoms with E-state index in [0.717, 1.165) is 25.7 Å². The van der Waals surface area contributed by atoms with Crippen LogP contribution in [0.25, 0.3) is 0 Å². The molecular weight excluding hydrogens is 508 g/mol. The summed E-state index contributed by atoms with van der Waals surface area (Å²) >= 11 is 0. The van der Waals surface area contributed by atoms with E-state index in [1.807, 2.05) is 36.9 Å². The number of rotatable bonds is 16. The number of carbonyl (C=O) groups is 3. The van der Waals surface area contributed by atoms with Gasteiger partial charge in [-0.3, -0.25) is 14.4 Å². The normalized spacial score (nSPS) is 19.8. The highest BCUT2D eigenvalue weighted by atomic mass is 16.5. The van der Waals surface area contributed by atoms with Crippen LogP contribution in [0.2, 0.25) is 0 Å². The smallest absolute Gasteiger partial charge is 0.236 e. The van der Waals surface area contributed by atoms with Crippen LogP contribution in [-0.4, -0.2) is 99.3 Å². The Balaban J connectivity index is 2.11. The topological polar surface area (TPSA) is 100 Å². The van der Waals surface area contributed by atoms with E-state index in [9.17, 15) is 14.4 Å². The van der Waals surface area contributed by atoms with E-state index in [0.29, 0.717) is 6.54 Å². The van der Waals surface area contributed by atoms with E-state index < -0.39 is 18.1 Å². The summed E-state index contributed by atoms with van der Waals surface area (Å²) < 4.78 is 11.7. The predicted molar refractivity (Wildman–Crippen MR) is 158 cm³/mol. The van der Waals surface area contributed by atoms with E-state index in [4.69, 9.17) is 9.47 Å². The Morgan fingerprint density at radius 1 is 1.10 bits per heavy atom. The number of amides is 3. The summed E-state index contributed by atoms with van der Waals surface area (Å²) in [7, 11) is 6.74. The molecule has 2 rings (SSSR count). The second kappa shape index (κ2) is 16.7. The molecule has 40 heavy (non-hydrogen) atoms. The largest absolute Gasteiger partial charge is 0.379 e. The minimum absolute atomic E-state index is 0.0290. The average Bonchev–Trinajstić information content (AvgIpc) is 3.42. The van der Waals surface area contributed by atoms with Gasteiger partial charge in [0, 0.05) is 33.9 Å². The molecule has 2 N–H and O–H groups in total. The van der Waals surface area contributed by atoms with E-state index in [1.54, 1.807) is 33.2 Å². The van der Waals surface area contributed by atoms with Gasteiger partial charge in [0.2, 0.25) is 17.7 Å². The molecule has 0 saturated carbocycles. The van der Waals surface area contributed by atoms with Gasteiger partial charge in [-0.25, -0.2) is 0 Å². The van der Waals surface area contributed by atoms with Gasteiger partial charge in [0.15, 0.2) is 0 Å². The van der Waals surface area contributed by atoms with Crippen molar-refractivity contribution in [2.45, 2.75) is 90.1 Å². The summed E-state index contributed by atoms with van der Waals surface area (Å²) in [6.45, 7) is 8.88. The zero-order valence-electron chi connectivity index (χ0n) is 25.8. The van der Waals surface area contributed by atoms with Gasteiger partial charge in [-0.2, -0.15) is 0 Å². The van der Waals surface area contributed by atoms with Gasteiger partial charge >= 0.3 is 0 Å². The number of likely N-dealkylation sites (tertiary alicyclic amines) is 1. The van der Waals surface area contributed by atoms with Gasteiger partial charge in [-0.15, -0.1) is 0 Å². The zero-order chi connectivity index (χ0) is 29.8. The number of nitrogens with one attached hydrogen (secondary N) is 2. The van der Waals surface area contributed by atoms with Gasteiger partial charge in [-0.05, 0) is 44.7 Å². The number of carbonyl (C=O) groups excluding carboxylic acids is 3. The van der Waals surface area contributed by atoms with Crippen molar-refractivity contribution in [3.63, 3.8) is 0 Å². The number of benzene rings is 1. The van der Waals surface area contributed by atoms with Gasteiger partial charge in [0.1, 0.15) is 0 Å². The quantitative estimate of drug-likeness (QED) is 0.323. The Morgan fingerprint density at radius 3 is 2.35 bits per heavy atom. The first-order valence-corrected chi connectivity index (χ1v) is 14.7. The van der Waals surface area contributed by atoms with Crippen LogP contribution in [-0.2, 0) is 30.3 Å². The van der Waals surface area contributed by atoms with Crippen LogP contribution in [0.5, 0.6) is 0 Å². The summed E-state index contributed by atoms with van der Waals surface area (Å²) in [5, 5.41) is 6.05. The summed E-state index contributed by atoms with van der Waals surface area (Å²) in [6, 6.07) is 9.61. The molecule has 226 valence electrons. The standard InChI is InChI=1S/C31H52N4O5/c1-9-21(2)29(34(6)28(37)20-32-5)26(39-7)19-27(36)35-17-13-16-25(35)30(40-8)23(4)31(38)33-22(3)18-24-14-11-10-12-15-24/h10-12,14-15,21-23,25-26,29-30,32H,9,13,16-20H2,1-8H3,(H,33,38)/t21?,22-,23-,25?,26?,29?,30?/m1/s1. The van der Waals surface area contributed by atoms with Crippen molar-refractivity contribution in [3.05, 3.63) is 35.9 Å². The summed E-state index contributed by atoms with van der Waals surface area (Å²) in [5.41, 5.74) is 1.17. The first kappa shape index (κ1) is 33.7. The van der Waals surface area contributed by atoms with Crippen LogP contribution < -0.4 is 10.6 Å². The zero-order valence-corrected chi connectivity index (χ0v) is 25.8. The maximum atomic E-state index is 13.7. The van der Waals surface area contributed by atoms with Crippen molar-refractivity contribution < 1.29 is 23.9 Å². The van der Waals surface area contributed by atoms with Crippen LogP contribution >= 0.6 is 0 Å². The van der Waals surface area contributed by atoms with E-state index in [1.165, 1.54) is 5.56 Å². The summed E-state index contributed by atoms with van der Waals surface area (Å²) in [6.07, 6.45) is 2.49. The molecule has 1 saturated heterocycles. The van der Waals surface area contributed by atoms with Crippen molar-refractivity contribution in [1.82, 2.24) is 20.4 Å². The molecule has 7 atom stereocenters. The molecule has 0 aliphatic carbocycles. The van der Waals surface area contributed by atoms with Gasteiger partial charge in [0.25, 0.3) is 0 Å². The molecular formula is C31H52N4O5. The van der Waals surface area contributed by atoms with Crippen LogP contribution in [0.4, 0.5) is 0 Å². The lowest BCUT2D eigenvalue weighted by molar-refractivity contribution is -0.145. The van der Waals surface area contributed by atoms with Crippen LogP contribution in [0, 0.1) is 11.8 Å². The Labute approximate surface area is 241 Å². The molecule has 0 aromatic heterocycles. The number of likely N-dealkylation sites (N-methyl/N-ethyl adjacent to an activating group) is 2.